The number of hydrogen-bond acceptors (Lipinski definition) is 6. The summed E-state index contributed by atoms with van der Waals surface area (Å²) in [5, 5.41) is 11.6. The quantitative estimate of drug-likeness (QED) is 0.194. The molecule has 2 aromatic rings. The van der Waals surface area contributed by atoms with Crippen LogP contribution >= 0.6 is 0 Å². The minimum absolute atomic E-state index is 0.0880. The van der Waals surface area contributed by atoms with Crippen LogP contribution < -0.4 is 4.90 Å². The lowest BCUT2D eigenvalue weighted by atomic mass is 9.96. The Labute approximate surface area is 262 Å². The van der Waals surface area contributed by atoms with Gasteiger partial charge in [0.25, 0.3) is 0 Å². The van der Waals surface area contributed by atoms with Crippen LogP contribution in [0.2, 0.25) is 0 Å². The molecule has 0 aromatic heterocycles. The molecule has 3 aliphatic rings. The number of benzene rings is 2. The number of aliphatic imine (C=N–C) groups is 1. The number of anilines is 1. The molecule has 1 N–H and O–H groups in total. The number of carbonyl (C=O) groups is 1. The third-order valence-electron chi connectivity index (χ3n) is 8.56. The summed E-state index contributed by atoms with van der Waals surface area (Å²) in [4.78, 5) is 25.1. The maximum absolute atomic E-state index is 13.2. The van der Waals surface area contributed by atoms with Gasteiger partial charge in [-0.2, -0.15) is 4.99 Å². The van der Waals surface area contributed by atoms with E-state index in [0.717, 1.165) is 66.6 Å². The summed E-state index contributed by atoms with van der Waals surface area (Å²) in [5.41, 5.74) is 4.06. The van der Waals surface area contributed by atoms with E-state index >= 15 is 0 Å². The van der Waals surface area contributed by atoms with Crippen LogP contribution in [0.3, 0.4) is 0 Å². The maximum atomic E-state index is 13.2. The topological polar surface area (TPSA) is 77.8 Å². The molecule has 8 nitrogen and oxygen atoms in total. The first-order valence-corrected chi connectivity index (χ1v) is 15.8. The Morgan fingerprint density at radius 1 is 1.14 bits per heavy atom. The van der Waals surface area contributed by atoms with E-state index in [1.807, 2.05) is 43.9 Å². The molecule has 0 aliphatic carbocycles. The molecule has 2 aromatic carbocycles. The van der Waals surface area contributed by atoms with Crippen molar-refractivity contribution in [3.63, 3.8) is 0 Å². The molecule has 3 heterocycles. The molecule has 0 radical (unpaired) electrons. The molecule has 2 saturated heterocycles. The maximum Gasteiger partial charge on any atom is 0.410 e. The second-order valence-electron chi connectivity index (χ2n) is 12.8. The number of aliphatic hydroxyl groups is 1. The summed E-state index contributed by atoms with van der Waals surface area (Å²) in [7, 11) is 1.67. The predicted octanol–water partition coefficient (Wildman–Crippen LogP) is 6.09. The second-order valence-corrected chi connectivity index (χ2v) is 12.8. The summed E-state index contributed by atoms with van der Waals surface area (Å²) in [6.45, 7) is 12.9. The van der Waals surface area contributed by atoms with E-state index in [2.05, 4.69) is 59.8 Å². The first-order valence-electron chi connectivity index (χ1n) is 15.8. The normalized spacial score (nSPS) is 21.0. The van der Waals surface area contributed by atoms with E-state index in [-0.39, 0.29) is 24.8 Å². The van der Waals surface area contributed by atoms with Crippen molar-refractivity contribution in [1.29, 1.82) is 0 Å². The number of aliphatic hydroxyl groups excluding tert-OH is 1. The van der Waals surface area contributed by atoms with E-state index in [0.29, 0.717) is 19.0 Å². The lowest BCUT2D eigenvalue weighted by Crippen LogP contribution is -2.58. The average molecular weight is 599 g/mol. The molecule has 0 saturated carbocycles. The Balaban J connectivity index is 1.47. The number of fused-ring (bicyclic) bond motifs is 3. The number of ether oxygens (including phenoxy) is 2. The summed E-state index contributed by atoms with van der Waals surface area (Å²) in [5.74, 6) is 7.56. The smallest absolute Gasteiger partial charge is 0.410 e. The minimum Gasteiger partial charge on any atom is -0.481 e. The van der Waals surface area contributed by atoms with Crippen molar-refractivity contribution in [2.45, 2.75) is 78.0 Å². The molecule has 2 fully saturated rings. The highest BCUT2D eigenvalue weighted by atomic mass is 16.6. The van der Waals surface area contributed by atoms with Gasteiger partial charge in [-0.15, -0.1) is 0 Å². The van der Waals surface area contributed by atoms with Crippen LogP contribution in [0.15, 0.2) is 64.5 Å². The van der Waals surface area contributed by atoms with Gasteiger partial charge >= 0.3 is 6.09 Å². The fourth-order valence-corrected chi connectivity index (χ4v) is 6.72. The van der Waals surface area contributed by atoms with Crippen LogP contribution in [-0.4, -0.2) is 84.4 Å². The molecule has 1 amide bonds. The van der Waals surface area contributed by atoms with Crippen LogP contribution in [0.4, 0.5) is 10.5 Å². The zero-order valence-electron chi connectivity index (χ0n) is 27.0. The summed E-state index contributed by atoms with van der Waals surface area (Å²) in [6, 6.07) is 12.7. The molecular weight excluding hydrogens is 552 g/mol. The van der Waals surface area contributed by atoms with E-state index < -0.39 is 5.60 Å². The third kappa shape index (κ3) is 6.73. The second kappa shape index (κ2) is 13.4. The highest BCUT2D eigenvalue weighted by Crippen LogP contribution is 2.36. The standard InChI is InChI=1S/C36H46N4O4/c1-7-11-32(43-6)37-34(39-23-28-17-18-29(24-39)40(28)35(42)44-36(3,4)5)30-19-20-38(22-25(30)2)31-16-9-14-26-12-8-13-27(33(26)31)15-10-21-41/h8-9,11-14,16,28-29,41H,7,17-24H2,1-6H3/b32-11-,37-34+. The number of rotatable bonds is 5. The predicted molar refractivity (Wildman–Crippen MR) is 177 cm³/mol. The Hall–Kier alpha value is -3.96. The third-order valence-corrected chi connectivity index (χ3v) is 8.56. The first-order chi connectivity index (χ1) is 21.1. The fraction of sp³-hybridized carbons (Fsp3) is 0.500. The van der Waals surface area contributed by atoms with Gasteiger partial charge in [-0.3, -0.25) is 4.90 Å². The number of nitrogens with zero attached hydrogens (tertiary/aromatic N) is 4. The fourth-order valence-electron chi connectivity index (χ4n) is 6.72. The van der Waals surface area contributed by atoms with Gasteiger partial charge in [0, 0.05) is 42.8 Å². The highest BCUT2D eigenvalue weighted by molar-refractivity contribution is 6.02. The van der Waals surface area contributed by atoms with Crippen molar-refractivity contribution in [2.75, 3.05) is 44.8 Å². The van der Waals surface area contributed by atoms with Gasteiger partial charge in [0.2, 0.25) is 5.88 Å². The zero-order valence-corrected chi connectivity index (χ0v) is 27.0. The Bertz CT molecular complexity index is 1520. The number of amides is 1. The van der Waals surface area contributed by atoms with Crippen molar-refractivity contribution >= 4 is 28.4 Å². The van der Waals surface area contributed by atoms with Gasteiger partial charge in [-0.05, 0) is 88.1 Å². The molecule has 2 unspecified atom stereocenters. The van der Waals surface area contributed by atoms with E-state index in [1.54, 1.807) is 7.11 Å². The summed E-state index contributed by atoms with van der Waals surface area (Å²) >= 11 is 0. The number of hydrogen-bond donors (Lipinski definition) is 1. The van der Waals surface area contributed by atoms with Crippen LogP contribution in [-0.2, 0) is 9.47 Å². The van der Waals surface area contributed by atoms with E-state index in [9.17, 15) is 9.90 Å². The summed E-state index contributed by atoms with van der Waals surface area (Å²) < 4.78 is 11.5. The highest BCUT2D eigenvalue weighted by Gasteiger charge is 2.45. The molecule has 2 bridgehead atoms. The number of likely N-dealkylation sites (tertiary alicyclic amines) is 1. The van der Waals surface area contributed by atoms with Crippen molar-refractivity contribution in [3.8, 4) is 11.8 Å². The van der Waals surface area contributed by atoms with E-state index in [1.165, 1.54) is 11.1 Å². The number of amidine groups is 1. The van der Waals surface area contributed by atoms with Gasteiger partial charge in [0.05, 0.1) is 19.2 Å². The number of carbonyl (C=O) groups excluding carboxylic acids is 1. The first kappa shape index (κ1) is 31.5. The number of allylic oxidation sites excluding steroid dienone is 1. The van der Waals surface area contributed by atoms with Crippen LogP contribution in [0.1, 0.15) is 65.9 Å². The average Bonchev–Trinajstić information content (AvgIpc) is 3.26. The van der Waals surface area contributed by atoms with Gasteiger partial charge in [-0.25, -0.2) is 4.79 Å². The molecule has 5 rings (SSSR count). The minimum atomic E-state index is -0.523. The van der Waals surface area contributed by atoms with Crippen LogP contribution in [0.25, 0.3) is 10.8 Å². The Morgan fingerprint density at radius 3 is 2.45 bits per heavy atom. The molecular formula is C36H46N4O4. The van der Waals surface area contributed by atoms with Crippen molar-refractivity contribution in [3.05, 3.63) is 65.1 Å². The van der Waals surface area contributed by atoms with Crippen molar-refractivity contribution < 1.29 is 19.4 Å². The SMILES string of the molecule is CC/C=C(/N=C(\C1=C(C)CN(c2cccc3cccc(C#CCO)c23)CC1)N1CC2CCC(C1)N2C(=O)OC(C)(C)C)OC. The van der Waals surface area contributed by atoms with Crippen LogP contribution in [0.5, 0.6) is 0 Å². The molecule has 2 atom stereocenters. The van der Waals surface area contributed by atoms with Crippen LogP contribution in [0, 0.1) is 11.8 Å². The lowest BCUT2D eigenvalue weighted by Gasteiger charge is -2.43. The van der Waals surface area contributed by atoms with Gasteiger partial charge in [0.1, 0.15) is 18.0 Å². The molecule has 44 heavy (non-hydrogen) atoms. The molecule has 8 heteroatoms. The number of piperazine rings is 1. The zero-order chi connectivity index (χ0) is 31.4. The van der Waals surface area contributed by atoms with Gasteiger partial charge in [0.15, 0.2) is 0 Å². The van der Waals surface area contributed by atoms with Gasteiger partial charge < -0.3 is 24.4 Å². The molecule has 234 valence electrons. The van der Waals surface area contributed by atoms with E-state index in [4.69, 9.17) is 14.5 Å². The largest absolute Gasteiger partial charge is 0.481 e. The summed E-state index contributed by atoms with van der Waals surface area (Å²) in [6.07, 6.45) is 5.38. The van der Waals surface area contributed by atoms with Crippen molar-refractivity contribution in [2.24, 2.45) is 4.99 Å². The van der Waals surface area contributed by atoms with Crippen molar-refractivity contribution in [1.82, 2.24) is 9.80 Å². The Morgan fingerprint density at radius 2 is 1.84 bits per heavy atom. The Kier molecular flexibility index (Phi) is 9.55. The lowest BCUT2D eigenvalue weighted by molar-refractivity contribution is 0.00277. The molecule has 3 aliphatic heterocycles. The molecule has 0 spiro atoms. The number of methoxy groups -OCH3 is 1. The van der Waals surface area contributed by atoms with Gasteiger partial charge in [-0.1, -0.05) is 43.0 Å². The monoisotopic (exact) mass is 598 g/mol.